The van der Waals surface area contributed by atoms with Gasteiger partial charge in [0.2, 0.25) is 0 Å². The number of esters is 2. The van der Waals surface area contributed by atoms with Crippen LogP contribution >= 0.6 is 0 Å². The minimum absolute atomic E-state index is 0.156. The van der Waals surface area contributed by atoms with E-state index in [9.17, 15) is 9.59 Å². The van der Waals surface area contributed by atoms with Crippen LogP contribution in [0.3, 0.4) is 0 Å². The highest BCUT2D eigenvalue weighted by molar-refractivity contribution is 5.76. The molecule has 0 unspecified atom stereocenters. The molecule has 0 rings (SSSR count). The van der Waals surface area contributed by atoms with Crippen LogP contribution in [0.1, 0.15) is 33.1 Å². The summed E-state index contributed by atoms with van der Waals surface area (Å²) in [6.07, 6.45) is 1.33. The van der Waals surface area contributed by atoms with E-state index in [2.05, 4.69) is 9.47 Å². The Morgan fingerprint density at radius 1 is 1.22 bits per heavy atom. The Hall–Kier alpha value is -1.61. The van der Waals surface area contributed by atoms with E-state index in [4.69, 9.17) is 11.0 Å². The molecule has 0 spiro atoms. The molecule has 0 aliphatic carbocycles. The Balaban J connectivity index is 0. The second kappa shape index (κ2) is 10.5. The predicted octanol–water partition coefficient (Wildman–Crippen LogP) is 0.998. The van der Waals surface area contributed by atoms with Crippen molar-refractivity contribution in [3.05, 3.63) is 0 Å². The summed E-state index contributed by atoms with van der Waals surface area (Å²) in [6, 6.07) is 1.64. The van der Waals surface area contributed by atoms with E-state index in [1.165, 1.54) is 14.2 Å². The maximum absolute atomic E-state index is 11.2. The van der Waals surface area contributed by atoms with Crippen molar-refractivity contribution >= 4 is 11.9 Å². The number of nitriles is 1. The first-order chi connectivity index (χ1) is 8.47. The average molecular weight is 258 g/mol. The molecule has 0 radical (unpaired) electrons. The molecular formula is C12H22N2O4. The van der Waals surface area contributed by atoms with Crippen molar-refractivity contribution in [3.63, 3.8) is 0 Å². The normalized spacial score (nSPS) is 9.56. The minimum Gasteiger partial charge on any atom is -0.469 e. The SMILES string of the molecule is CCC(CC)(CN)C(=O)OC.COC(=O)CC#N. The average Bonchev–Trinajstić information content (AvgIpc) is 2.42. The first kappa shape index (κ1) is 18.7. The fourth-order valence-electron chi connectivity index (χ4n) is 1.26. The van der Waals surface area contributed by atoms with Gasteiger partial charge in [-0.25, -0.2) is 0 Å². The van der Waals surface area contributed by atoms with E-state index in [1.807, 2.05) is 13.8 Å². The van der Waals surface area contributed by atoms with Gasteiger partial charge in [0.25, 0.3) is 0 Å². The van der Waals surface area contributed by atoms with Gasteiger partial charge >= 0.3 is 11.9 Å². The van der Waals surface area contributed by atoms with Gasteiger partial charge in [-0.1, -0.05) is 13.8 Å². The number of ether oxygens (including phenoxy) is 2. The zero-order valence-electron chi connectivity index (χ0n) is 11.5. The molecule has 0 saturated carbocycles. The summed E-state index contributed by atoms with van der Waals surface area (Å²) >= 11 is 0. The van der Waals surface area contributed by atoms with Crippen LogP contribution in [-0.2, 0) is 19.1 Å². The summed E-state index contributed by atoms with van der Waals surface area (Å²) in [5, 5.41) is 7.82. The van der Waals surface area contributed by atoms with E-state index < -0.39 is 11.4 Å². The number of carbonyl (C=O) groups excluding carboxylic acids is 2. The number of nitrogens with two attached hydrogens (primary N) is 1. The molecule has 0 amide bonds. The number of methoxy groups -OCH3 is 2. The maximum Gasteiger partial charge on any atom is 0.319 e. The second-order valence-corrected chi connectivity index (χ2v) is 3.59. The summed E-state index contributed by atoms with van der Waals surface area (Å²) in [4.78, 5) is 21.2. The summed E-state index contributed by atoms with van der Waals surface area (Å²) < 4.78 is 8.80. The molecule has 2 N–H and O–H groups in total. The highest BCUT2D eigenvalue weighted by Gasteiger charge is 2.34. The van der Waals surface area contributed by atoms with Gasteiger partial charge in [-0.2, -0.15) is 5.26 Å². The van der Waals surface area contributed by atoms with Crippen LogP contribution in [-0.4, -0.2) is 32.7 Å². The Kier molecular flexibility index (Phi) is 11.0. The van der Waals surface area contributed by atoms with Gasteiger partial charge in [0.1, 0.15) is 6.42 Å². The van der Waals surface area contributed by atoms with E-state index in [0.29, 0.717) is 6.54 Å². The fourth-order valence-corrected chi connectivity index (χ4v) is 1.26. The number of rotatable bonds is 5. The van der Waals surface area contributed by atoms with Crippen molar-refractivity contribution in [2.24, 2.45) is 11.1 Å². The lowest BCUT2D eigenvalue weighted by molar-refractivity contribution is -0.152. The number of hydrogen-bond acceptors (Lipinski definition) is 6. The van der Waals surface area contributed by atoms with Gasteiger partial charge in [-0.05, 0) is 12.8 Å². The first-order valence-corrected chi connectivity index (χ1v) is 5.70. The Bertz CT molecular complexity index is 285. The molecule has 0 aliphatic heterocycles. The van der Waals surface area contributed by atoms with Crippen LogP contribution < -0.4 is 5.73 Å². The molecule has 6 heteroatoms. The van der Waals surface area contributed by atoms with Gasteiger partial charge in [-0.15, -0.1) is 0 Å². The lowest BCUT2D eigenvalue weighted by Crippen LogP contribution is -2.38. The van der Waals surface area contributed by atoms with Crippen molar-refractivity contribution in [2.75, 3.05) is 20.8 Å². The molecule has 0 atom stereocenters. The third-order valence-corrected chi connectivity index (χ3v) is 2.81. The van der Waals surface area contributed by atoms with Gasteiger partial charge in [0, 0.05) is 6.54 Å². The van der Waals surface area contributed by atoms with Crippen LogP contribution in [0.25, 0.3) is 0 Å². The topological polar surface area (TPSA) is 102 Å². The lowest BCUT2D eigenvalue weighted by Gasteiger charge is -2.26. The zero-order valence-corrected chi connectivity index (χ0v) is 11.5. The summed E-state index contributed by atoms with van der Waals surface area (Å²) in [6.45, 7) is 4.27. The fraction of sp³-hybridized carbons (Fsp3) is 0.750. The van der Waals surface area contributed by atoms with Crippen molar-refractivity contribution in [3.8, 4) is 6.07 Å². The Labute approximate surface area is 108 Å². The van der Waals surface area contributed by atoms with Gasteiger partial charge in [0.05, 0.1) is 25.7 Å². The molecule has 18 heavy (non-hydrogen) atoms. The van der Waals surface area contributed by atoms with Crippen molar-refractivity contribution in [2.45, 2.75) is 33.1 Å². The second-order valence-electron chi connectivity index (χ2n) is 3.59. The highest BCUT2D eigenvalue weighted by atomic mass is 16.5. The van der Waals surface area contributed by atoms with Crippen LogP contribution in [0.2, 0.25) is 0 Å². The van der Waals surface area contributed by atoms with Gasteiger partial charge in [0.15, 0.2) is 0 Å². The monoisotopic (exact) mass is 258 g/mol. The molecule has 0 saturated heterocycles. The van der Waals surface area contributed by atoms with Gasteiger partial charge in [-0.3, -0.25) is 9.59 Å². The maximum atomic E-state index is 11.2. The van der Waals surface area contributed by atoms with E-state index >= 15 is 0 Å². The zero-order chi connectivity index (χ0) is 14.6. The number of hydrogen-bond donors (Lipinski definition) is 1. The molecule has 0 aromatic carbocycles. The third kappa shape index (κ3) is 6.21. The minimum atomic E-state index is -0.484. The Morgan fingerprint density at radius 3 is 1.83 bits per heavy atom. The first-order valence-electron chi connectivity index (χ1n) is 5.70. The molecule has 0 bridgehead atoms. The van der Waals surface area contributed by atoms with E-state index in [-0.39, 0.29) is 12.4 Å². The lowest BCUT2D eigenvalue weighted by atomic mass is 9.83. The van der Waals surface area contributed by atoms with E-state index in [0.717, 1.165) is 12.8 Å². The standard InChI is InChI=1S/C8H17NO2.C4H5NO2/c1-4-8(5-2,6-9)7(10)11-3;1-7-4(6)2-3-5/h4-6,9H2,1-3H3;2H2,1H3. The molecule has 6 nitrogen and oxygen atoms in total. The predicted molar refractivity (Wildman–Crippen MR) is 66.3 cm³/mol. The number of nitrogens with zero attached hydrogens (tertiary/aromatic N) is 1. The highest BCUT2D eigenvalue weighted by Crippen LogP contribution is 2.25. The van der Waals surface area contributed by atoms with E-state index in [1.54, 1.807) is 6.07 Å². The van der Waals surface area contributed by atoms with Gasteiger partial charge < -0.3 is 15.2 Å². The molecular weight excluding hydrogens is 236 g/mol. The molecule has 0 aliphatic rings. The molecule has 0 heterocycles. The summed E-state index contributed by atoms with van der Waals surface area (Å²) in [5.41, 5.74) is 5.05. The molecule has 0 aromatic heterocycles. The Morgan fingerprint density at radius 2 is 1.72 bits per heavy atom. The van der Waals surface area contributed by atoms with Crippen LogP contribution in [0, 0.1) is 16.7 Å². The van der Waals surface area contributed by atoms with Crippen molar-refractivity contribution < 1.29 is 19.1 Å². The smallest absolute Gasteiger partial charge is 0.319 e. The van der Waals surface area contributed by atoms with Crippen LogP contribution in [0.5, 0.6) is 0 Å². The van der Waals surface area contributed by atoms with Crippen molar-refractivity contribution in [1.82, 2.24) is 0 Å². The van der Waals surface area contributed by atoms with Crippen molar-refractivity contribution in [1.29, 1.82) is 5.26 Å². The summed E-state index contributed by atoms with van der Waals surface area (Å²) in [5.74, 6) is -0.674. The molecule has 0 aromatic rings. The molecule has 104 valence electrons. The van der Waals surface area contributed by atoms with Crippen LogP contribution in [0.15, 0.2) is 0 Å². The van der Waals surface area contributed by atoms with Crippen LogP contribution in [0.4, 0.5) is 0 Å². The summed E-state index contributed by atoms with van der Waals surface area (Å²) in [7, 11) is 2.65. The largest absolute Gasteiger partial charge is 0.469 e. The number of carbonyl (C=O) groups is 2. The third-order valence-electron chi connectivity index (χ3n) is 2.81. The molecule has 0 fully saturated rings. The quantitative estimate of drug-likeness (QED) is 0.738.